The number of carbonyl (C=O) groups excluding carboxylic acids is 1. The fourth-order valence-corrected chi connectivity index (χ4v) is 4.36. The quantitative estimate of drug-likeness (QED) is 0.860. The predicted octanol–water partition coefficient (Wildman–Crippen LogP) is 2.49. The lowest BCUT2D eigenvalue weighted by molar-refractivity contribution is -0.209. The van der Waals surface area contributed by atoms with Crippen molar-refractivity contribution in [3.8, 4) is 0 Å². The van der Waals surface area contributed by atoms with Gasteiger partial charge in [-0.1, -0.05) is 18.2 Å². The van der Waals surface area contributed by atoms with Gasteiger partial charge in [0, 0.05) is 37.2 Å². The summed E-state index contributed by atoms with van der Waals surface area (Å²) in [6.45, 7) is 8.50. The van der Waals surface area contributed by atoms with Gasteiger partial charge in [-0.3, -0.25) is 4.79 Å². The van der Waals surface area contributed by atoms with E-state index < -0.39 is 0 Å². The van der Waals surface area contributed by atoms with Gasteiger partial charge >= 0.3 is 0 Å². The highest BCUT2D eigenvalue weighted by Gasteiger charge is 2.56. The molecule has 1 aromatic carbocycles. The van der Waals surface area contributed by atoms with E-state index in [1.54, 1.807) is 0 Å². The van der Waals surface area contributed by atoms with E-state index >= 15 is 0 Å². The molecule has 138 valence electrons. The maximum Gasteiger partial charge on any atom is 0.241 e. The predicted molar refractivity (Wildman–Crippen MR) is 98.7 cm³/mol. The van der Waals surface area contributed by atoms with E-state index in [1.807, 2.05) is 17.9 Å². The van der Waals surface area contributed by atoms with Crippen molar-refractivity contribution in [2.75, 3.05) is 31.6 Å². The zero-order chi connectivity index (χ0) is 18.0. The lowest BCUT2D eigenvalue weighted by Gasteiger charge is -2.56. The molecule has 1 aliphatic heterocycles. The number of aliphatic hydroxyl groups is 1. The number of aryl methyl sites for hydroxylation is 2. The Hall–Kier alpha value is -1.59. The molecule has 2 N–H and O–H groups in total. The minimum absolute atomic E-state index is 0.124. The first-order valence-corrected chi connectivity index (χ1v) is 9.35. The highest BCUT2D eigenvalue weighted by Crippen LogP contribution is 2.50. The molecule has 1 spiro atoms. The monoisotopic (exact) mass is 346 g/mol. The van der Waals surface area contributed by atoms with Gasteiger partial charge in [0.2, 0.25) is 5.91 Å². The number of hydrogen-bond acceptors (Lipinski definition) is 4. The van der Waals surface area contributed by atoms with Gasteiger partial charge in [-0.05, 0) is 44.7 Å². The summed E-state index contributed by atoms with van der Waals surface area (Å²) in [6.07, 6.45) is 2.25. The molecule has 25 heavy (non-hydrogen) atoms. The molecule has 0 unspecified atom stereocenters. The Labute approximate surface area is 150 Å². The Balaban J connectivity index is 1.54. The number of para-hydroxylation sites is 1. The van der Waals surface area contributed by atoms with Crippen LogP contribution in [0.1, 0.15) is 37.3 Å². The summed E-state index contributed by atoms with van der Waals surface area (Å²) in [5.74, 6) is 0.124. The lowest BCUT2D eigenvalue weighted by atomic mass is 9.58. The number of anilines is 1. The van der Waals surface area contributed by atoms with Crippen LogP contribution in [0.25, 0.3) is 0 Å². The van der Waals surface area contributed by atoms with E-state index in [2.05, 4.69) is 31.3 Å². The van der Waals surface area contributed by atoms with E-state index in [9.17, 15) is 9.90 Å². The fraction of sp³-hybridized carbons (Fsp3) is 0.650. The molecular weight excluding hydrogens is 316 g/mol. The third kappa shape index (κ3) is 3.40. The van der Waals surface area contributed by atoms with E-state index in [0.717, 1.165) is 36.1 Å². The first-order chi connectivity index (χ1) is 12.0. The summed E-state index contributed by atoms with van der Waals surface area (Å²) in [4.78, 5) is 14.5. The lowest BCUT2D eigenvalue weighted by Crippen LogP contribution is -2.63. The number of piperidine rings is 1. The summed E-state index contributed by atoms with van der Waals surface area (Å²) in [7, 11) is 0. The number of likely N-dealkylation sites (tertiary alicyclic amines) is 1. The molecular formula is C20H30N2O3. The van der Waals surface area contributed by atoms with Crippen molar-refractivity contribution in [1.82, 2.24) is 4.90 Å². The topological polar surface area (TPSA) is 61.8 Å². The average molecular weight is 346 g/mol. The van der Waals surface area contributed by atoms with Crippen LogP contribution in [-0.4, -0.2) is 54.4 Å². The van der Waals surface area contributed by atoms with Gasteiger partial charge < -0.3 is 20.1 Å². The van der Waals surface area contributed by atoms with E-state index in [1.165, 1.54) is 0 Å². The summed E-state index contributed by atoms with van der Waals surface area (Å²) < 4.78 is 5.79. The molecule has 0 bridgehead atoms. The molecule has 5 heteroatoms. The molecule has 1 aliphatic carbocycles. The molecule has 0 aromatic heterocycles. The molecule has 1 saturated heterocycles. The summed E-state index contributed by atoms with van der Waals surface area (Å²) >= 11 is 0. The standard InChI is InChI=1S/C20H30N2O3/c1-4-25-17-12-16(23)20(17)8-10-22(11-9-20)18(24)13-21-19-14(2)6-5-7-15(19)3/h5-7,16-17,21,23H,4,8-13H2,1-3H3/t16-,17-/m1/s1. The summed E-state index contributed by atoms with van der Waals surface area (Å²) in [5.41, 5.74) is 3.23. The summed E-state index contributed by atoms with van der Waals surface area (Å²) in [6, 6.07) is 6.13. The highest BCUT2D eigenvalue weighted by molar-refractivity contribution is 5.81. The third-order valence-electron chi connectivity index (χ3n) is 6.05. The Kier molecular flexibility index (Phi) is 5.35. The Morgan fingerprint density at radius 2 is 1.96 bits per heavy atom. The SMILES string of the molecule is CCO[C@@H]1C[C@@H](O)C12CCN(C(=O)CNc1c(C)cccc1C)CC2. The van der Waals surface area contributed by atoms with Crippen molar-refractivity contribution >= 4 is 11.6 Å². The van der Waals surface area contributed by atoms with Crippen molar-refractivity contribution in [2.45, 2.75) is 52.2 Å². The van der Waals surface area contributed by atoms with Crippen LogP contribution in [0.2, 0.25) is 0 Å². The minimum Gasteiger partial charge on any atom is -0.392 e. The zero-order valence-corrected chi connectivity index (χ0v) is 15.5. The van der Waals surface area contributed by atoms with E-state index in [0.29, 0.717) is 26.2 Å². The number of nitrogens with zero attached hydrogens (tertiary/aromatic N) is 1. The normalized spacial score (nSPS) is 24.9. The van der Waals surface area contributed by atoms with Gasteiger partial charge in [0.1, 0.15) is 0 Å². The molecule has 2 atom stereocenters. The molecule has 2 aliphatic rings. The van der Waals surface area contributed by atoms with Crippen molar-refractivity contribution in [2.24, 2.45) is 5.41 Å². The van der Waals surface area contributed by atoms with Crippen molar-refractivity contribution in [1.29, 1.82) is 0 Å². The van der Waals surface area contributed by atoms with Gasteiger partial charge in [0.15, 0.2) is 0 Å². The van der Waals surface area contributed by atoms with Crippen molar-refractivity contribution in [3.05, 3.63) is 29.3 Å². The second-order valence-corrected chi connectivity index (χ2v) is 7.43. The third-order valence-corrected chi connectivity index (χ3v) is 6.05. The number of benzene rings is 1. The van der Waals surface area contributed by atoms with Gasteiger partial charge in [-0.25, -0.2) is 0 Å². The number of ether oxygens (including phenoxy) is 1. The van der Waals surface area contributed by atoms with Gasteiger partial charge in [-0.2, -0.15) is 0 Å². The molecule has 1 amide bonds. The number of rotatable bonds is 5. The molecule has 5 nitrogen and oxygen atoms in total. The number of hydrogen-bond donors (Lipinski definition) is 2. The van der Waals surface area contributed by atoms with Crippen LogP contribution in [-0.2, 0) is 9.53 Å². The number of carbonyl (C=O) groups is 1. The number of nitrogens with one attached hydrogen (secondary N) is 1. The Bertz CT molecular complexity index is 601. The van der Waals surface area contributed by atoms with Crippen LogP contribution in [0.3, 0.4) is 0 Å². The minimum atomic E-state index is -0.283. The molecule has 3 rings (SSSR count). The largest absolute Gasteiger partial charge is 0.392 e. The second kappa shape index (κ2) is 7.34. The number of amides is 1. The maximum atomic E-state index is 12.6. The van der Waals surface area contributed by atoms with Crippen LogP contribution in [0.5, 0.6) is 0 Å². The van der Waals surface area contributed by atoms with Gasteiger partial charge in [-0.15, -0.1) is 0 Å². The highest BCUT2D eigenvalue weighted by atomic mass is 16.5. The summed E-state index contributed by atoms with van der Waals surface area (Å²) in [5, 5.41) is 13.6. The molecule has 1 aromatic rings. The molecule has 1 heterocycles. The average Bonchev–Trinajstić information content (AvgIpc) is 2.61. The van der Waals surface area contributed by atoms with Crippen LogP contribution in [0.4, 0.5) is 5.69 Å². The fourth-order valence-electron chi connectivity index (χ4n) is 4.36. The maximum absolute atomic E-state index is 12.6. The second-order valence-electron chi connectivity index (χ2n) is 7.43. The number of aliphatic hydroxyl groups excluding tert-OH is 1. The molecule has 2 fully saturated rings. The Morgan fingerprint density at radius 1 is 1.32 bits per heavy atom. The molecule has 1 saturated carbocycles. The van der Waals surface area contributed by atoms with Gasteiger partial charge in [0.25, 0.3) is 0 Å². The van der Waals surface area contributed by atoms with Crippen molar-refractivity contribution < 1.29 is 14.6 Å². The first-order valence-electron chi connectivity index (χ1n) is 9.35. The first kappa shape index (κ1) is 18.2. The smallest absolute Gasteiger partial charge is 0.241 e. The van der Waals surface area contributed by atoms with Crippen LogP contribution in [0.15, 0.2) is 18.2 Å². The van der Waals surface area contributed by atoms with Crippen molar-refractivity contribution in [3.63, 3.8) is 0 Å². The van der Waals surface area contributed by atoms with Crippen LogP contribution < -0.4 is 5.32 Å². The zero-order valence-electron chi connectivity index (χ0n) is 15.5. The molecule has 0 radical (unpaired) electrons. The van der Waals surface area contributed by atoms with Gasteiger partial charge in [0.05, 0.1) is 18.8 Å². The van der Waals surface area contributed by atoms with Crippen LogP contribution in [0, 0.1) is 19.3 Å². The van der Waals surface area contributed by atoms with Crippen LogP contribution >= 0.6 is 0 Å². The Morgan fingerprint density at radius 3 is 2.52 bits per heavy atom. The van der Waals surface area contributed by atoms with E-state index in [-0.39, 0.29) is 23.5 Å². The van der Waals surface area contributed by atoms with E-state index in [4.69, 9.17) is 4.74 Å².